The summed E-state index contributed by atoms with van der Waals surface area (Å²) in [7, 11) is 0. The fourth-order valence-electron chi connectivity index (χ4n) is 10.9. The van der Waals surface area contributed by atoms with Gasteiger partial charge < -0.3 is 40.3 Å². The molecule has 440 valence electrons. The SMILES string of the molecule is CCCCCCCCCC/C=C\CCCCCCCCCCCCCCCCCCCCCCCCCC(=O)NC(COC1OC(CO)C(O)C(O)C1O)C(O)CCCCCCCCCCCCCCCCCC. The van der Waals surface area contributed by atoms with Crippen molar-refractivity contribution in [2.75, 3.05) is 13.2 Å². The smallest absolute Gasteiger partial charge is 0.220 e. The van der Waals surface area contributed by atoms with Crippen LogP contribution in [0.5, 0.6) is 0 Å². The zero-order valence-corrected chi connectivity index (χ0v) is 49.1. The molecule has 1 saturated heterocycles. The molecule has 1 rings (SSSR count). The molecule has 1 fully saturated rings. The van der Waals surface area contributed by atoms with Gasteiger partial charge in [0.25, 0.3) is 0 Å². The predicted octanol–water partition coefficient (Wildman–Crippen LogP) is 17.1. The van der Waals surface area contributed by atoms with Crippen LogP contribution in [0.3, 0.4) is 0 Å². The van der Waals surface area contributed by atoms with Crippen LogP contribution in [-0.2, 0) is 14.3 Å². The second-order valence-corrected chi connectivity index (χ2v) is 23.3. The van der Waals surface area contributed by atoms with Crippen molar-refractivity contribution in [1.29, 1.82) is 0 Å². The van der Waals surface area contributed by atoms with E-state index >= 15 is 0 Å². The van der Waals surface area contributed by atoms with Crippen molar-refractivity contribution in [3.05, 3.63) is 12.2 Å². The predicted molar refractivity (Wildman–Crippen MR) is 314 cm³/mol. The average Bonchev–Trinajstić information content (AvgIpc) is 3.40. The van der Waals surface area contributed by atoms with E-state index in [1.165, 1.54) is 276 Å². The van der Waals surface area contributed by atoms with Gasteiger partial charge in [0.2, 0.25) is 5.91 Å². The van der Waals surface area contributed by atoms with Crippen LogP contribution in [0.15, 0.2) is 12.2 Å². The number of unbranched alkanes of at least 4 members (excludes halogenated alkanes) is 46. The Kier molecular flexibility index (Phi) is 53.0. The van der Waals surface area contributed by atoms with Crippen molar-refractivity contribution >= 4 is 5.91 Å². The Bertz CT molecular complexity index is 1170. The van der Waals surface area contributed by atoms with Crippen LogP contribution in [0, 0.1) is 0 Å². The number of carbonyl (C=O) groups excluding carboxylic acids is 1. The van der Waals surface area contributed by atoms with Gasteiger partial charge >= 0.3 is 0 Å². The van der Waals surface area contributed by atoms with E-state index in [9.17, 15) is 30.3 Å². The van der Waals surface area contributed by atoms with Crippen molar-refractivity contribution in [2.45, 2.75) is 384 Å². The molecule has 1 aliphatic heterocycles. The number of nitrogens with one attached hydrogen (secondary N) is 1. The van der Waals surface area contributed by atoms with Gasteiger partial charge in [0.05, 0.1) is 25.4 Å². The van der Waals surface area contributed by atoms with Gasteiger partial charge in [0, 0.05) is 6.42 Å². The maximum absolute atomic E-state index is 13.1. The molecule has 1 amide bonds. The minimum atomic E-state index is -1.55. The number of aliphatic hydroxyl groups excluding tert-OH is 5. The van der Waals surface area contributed by atoms with Crippen LogP contribution in [0.2, 0.25) is 0 Å². The zero-order chi connectivity index (χ0) is 53.6. The Morgan fingerprint density at radius 2 is 0.757 bits per heavy atom. The van der Waals surface area contributed by atoms with Gasteiger partial charge in [0.1, 0.15) is 24.4 Å². The van der Waals surface area contributed by atoms with Crippen molar-refractivity contribution < 1.29 is 39.8 Å². The maximum atomic E-state index is 13.1. The third kappa shape index (κ3) is 43.9. The van der Waals surface area contributed by atoms with Crippen LogP contribution in [0.4, 0.5) is 0 Å². The summed E-state index contributed by atoms with van der Waals surface area (Å²) in [6.45, 7) is 3.88. The minimum Gasteiger partial charge on any atom is -0.394 e. The number of hydrogen-bond acceptors (Lipinski definition) is 8. The first-order valence-electron chi connectivity index (χ1n) is 32.9. The van der Waals surface area contributed by atoms with E-state index in [4.69, 9.17) is 9.47 Å². The summed E-state index contributed by atoms with van der Waals surface area (Å²) in [6.07, 6.45) is 62.8. The number of carbonyl (C=O) groups is 1. The molecule has 0 radical (unpaired) electrons. The second kappa shape index (κ2) is 55.3. The lowest BCUT2D eigenvalue weighted by Crippen LogP contribution is -2.60. The number of aliphatic hydroxyl groups is 5. The Hall–Kier alpha value is -1.07. The molecule has 0 aliphatic carbocycles. The normalized spacial score (nSPS) is 18.9. The van der Waals surface area contributed by atoms with Crippen LogP contribution in [0.25, 0.3) is 0 Å². The molecule has 7 unspecified atom stereocenters. The molecule has 0 saturated carbocycles. The molecule has 0 aromatic carbocycles. The first-order valence-corrected chi connectivity index (χ1v) is 32.9. The molecule has 1 aliphatic rings. The third-order valence-corrected chi connectivity index (χ3v) is 16.1. The maximum Gasteiger partial charge on any atom is 0.220 e. The molecular weight excluding hydrogens is 923 g/mol. The van der Waals surface area contributed by atoms with Gasteiger partial charge in [-0.05, 0) is 38.5 Å². The lowest BCUT2D eigenvalue weighted by Gasteiger charge is -2.40. The monoisotopic (exact) mass is 1050 g/mol. The van der Waals surface area contributed by atoms with E-state index in [0.29, 0.717) is 12.8 Å². The van der Waals surface area contributed by atoms with Crippen LogP contribution < -0.4 is 5.32 Å². The summed E-state index contributed by atoms with van der Waals surface area (Å²) >= 11 is 0. The van der Waals surface area contributed by atoms with Gasteiger partial charge in [-0.25, -0.2) is 0 Å². The van der Waals surface area contributed by atoms with E-state index in [1.807, 2.05) is 0 Å². The molecule has 9 heteroatoms. The second-order valence-electron chi connectivity index (χ2n) is 23.3. The molecule has 9 nitrogen and oxygen atoms in total. The summed E-state index contributed by atoms with van der Waals surface area (Å²) in [6, 6.07) is -0.715. The average molecular weight is 1050 g/mol. The Morgan fingerprint density at radius 3 is 1.09 bits per heavy atom. The van der Waals surface area contributed by atoms with Crippen LogP contribution >= 0.6 is 0 Å². The lowest BCUT2D eigenvalue weighted by atomic mass is 9.99. The van der Waals surface area contributed by atoms with E-state index in [-0.39, 0.29) is 12.5 Å². The minimum absolute atomic E-state index is 0.132. The van der Waals surface area contributed by atoms with Gasteiger partial charge in [0.15, 0.2) is 6.29 Å². The standard InChI is InChI=1S/C65H127NO8/c1-3-5-7-9-11-13-15-17-19-21-22-23-24-25-26-27-28-29-30-31-32-33-34-35-36-37-38-39-41-43-45-47-49-51-53-55-61(69)66-58(57-73-65-64(72)63(71)62(70)60(56-67)74-65)59(68)54-52-50-48-46-44-42-40-20-18-16-14-12-10-8-6-4-2/h21-22,58-60,62-65,67-68,70-72H,3-20,23-57H2,1-2H3,(H,66,69)/b22-21-. The number of amides is 1. The Balaban J connectivity index is 2.06. The largest absolute Gasteiger partial charge is 0.394 e. The van der Waals surface area contributed by atoms with Crippen LogP contribution in [0.1, 0.15) is 341 Å². The summed E-state index contributed by atoms with van der Waals surface area (Å²) in [5, 5.41) is 54.7. The number of rotatable bonds is 58. The quantitative estimate of drug-likeness (QED) is 0.0261. The number of hydrogen-bond donors (Lipinski definition) is 6. The van der Waals surface area contributed by atoms with Gasteiger partial charge in [-0.1, -0.05) is 309 Å². The third-order valence-electron chi connectivity index (χ3n) is 16.1. The van der Waals surface area contributed by atoms with Gasteiger partial charge in [-0.2, -0.15) is 0 Å². The highest BCUT2D eigenvalue weighted by Crippen LogP contribution is 2.24. The van der Waals surface area contributed by atoms with E-state index in [1.54, 1.807) is 0 Å². The van der Waals surface area contributed by atoms with E-state index in [0.717, 1.165) is 38.5 Å². The van der Waals surface area contributed by atoms with Crippen molar-refractivity contribution in [1.82, 2.24) is 5.32 Å². The van der Waals surface area contributed by atoms with Crippen LogP contribution in [-0.4, -0.2) is 87.5 Å². The van der Waals surface area contributed by atoms with Gasteiger partial charge in [-0.15, -0.1) is 0 Å². The molecule has 0 aromatic rings. The molecular formula is C65H127NO8. The first-order chi connectivity index (χ1) is 36.3. The van der Waals surface area contributed by atoms with Crippen molar-refractivity contribution in [3.8, 4) is 0 Å². The Morgan fingerprint density at radius 1 is 0.446 bits per heavy atom. The molecule has 1 heterocycles. The highest BCUT2D eigenvalue weighted by molar-refractivity contribution is 5.76. The Labute approximate surface area is 458 Å². The molecule has 7 atom stereocenters. The number of allylic oxidation sites excluding steroid dienone is 2. The fourth-order valence-corrected chi connectivity index (χ4v) is 10.9. The van der Waals surface area contributed by atoms with Crippen molar-refractivity contribution in [2.24, 2.45) is 0 Å². The highest BCUT2D eigenvalue weighted by atomic mass is 16.7. The zero-order valence-electron chi connectivity index (χ0n) is 49.1. The molecule has 74 heavy (non-hydrogen) atoms. The highest BCUT2D eigenvalue weighted by Gasteiger charge is 2.44. The first kappa shape index (κ1) is 70.9. The summed E-state index contributed by atoms with van der Waals surface area (Å²) in [4.78, 5) is 13.1. The molecule has 6 N–H and O–H groups in total. The topological polar surface area (TPSA) is 149 Å². The summed E-state index contributed by atoms with van der Waals surface area (Å²) in [5.41, 5.74) is 0. The fraction of sp³-hybridized carbons (Fsp3) is 0.954. The van der Waals surface area contributed by atoms with E-state index in [2.05, 4.69) is 31.3 Å². The molecule has 0 aromatic heterocycles. The number of ether oxygens (including phenoxy) is 2. The summed E-state index contributed by atoms with van der Waals surface area (Å²) < 4.78 is 11.3. The summed E-state index contributed by atoms with van der Waals surface area (Å²) in [5.74, 6) is -0.136. The molecule has 0 bridgehead atoms. The molecule has 0 spiro atoms. The lowest BCUT2D eigenvalue weighted by molar-refractivity contribution is -0.302. The van der Waals surface area contributed by atoms with Crippen molar-refractivity contribution in [3.63, 3.8) is 0 Å². The van der Waals surface area contributed by atoms with E-state index < -0.39 is 49.5 Å². The van der Waals surface area contributed by atoms with Gasteiger partial charge in [-0.3, -0.25) is 4.79 Å².